The smallest absolute Gasteiger partial charge is 0.305 e. The Balaban J connectivity index is 1.80. The van der Waals surface area contributed by atoms with Gasteiger partial charge in [0.15, 0.2) is 0 Å². The highest BCUT2D eigenvalue weighted by Gasteiger charge is 2.37. The summed E-state index contributed by atoms with van der Waals surface area (Å²) in [5.41, 5.74) is 1.31. The Morgan fingerprint density at radius 2 is 2.12 bits per heavy atom. The van der Waals surface area contributed by atoms with Crippen LogP contribution in [0.3, 0.4) is 0 Å². The van der Waals surface area contributed by atoms with Gasteiger partial charge in [0.25, 0.3) is 5.91 Å². The van der Waals surface area contributed by atoms with Gasteiger partial charge >= 0.3 is 5.97 Å². The van der Waals surface area contributed by atoms with Crippen LogP contribution in [0.15, 0.2) is 35.7 Å². The average Bonchev–Trinajstić information content (AvgIpc) is 3.21. The summed E-state index contributed by atoms with van der Waals surface area (Å²) in [6.07, 6.45) is 0.316. The second-order valence-electron chi connectivity index (χ2n) is 5.71. The fourth-order valence-electron chi connectivity index (χ4n) is 2.92. The number of ether oxygens (including phenoxy) is 1. The summed E-state index contributed by atoms with van der Waals surface area (Å²) in [6, 6.07) is 9.29. The van der Waals surface area contributed by atoms with Crippen LogP contribution in [0.5, 0.6) is 0 Å². The predicted molar refractivity (Wildman–Crippen MR) is 90.0 cm³/mol. The third-order valence-corrected chi connectivity index (χ3v) is 5.02. The summed E-state index contributed by atoms with van der Waals surface area (Å²) >= 11 is 1.41. The number of carbonyl (C=O) groups excluding carboxylic acids is 1. The lowest BCUT2D eigenvalue weighted by atomic mass is 10.1. The molecule has 126 valence electrons. The number of thiazole rings is 1. The highest BCUT2D eigenvalue weighted by molar-refractivity contribution is 7.13. The quantitative estimate of drug-likeness (QED) is 0.900. The van der Waals surface area contributed by atoms with Crippen LogP contribution in [0.4, 0.5) is 0 Å². The van der Waals surface area contributed by atoms with Crippen LogP contribution in [0.1, 0.15) is 23.3 Å². The van der Waals surface area contributed by atoms with Crippen molar-refractivity contribution in [1.29, 1.82) is 0 Å². The highest BCUT2D eigenvalue weighted by atomic mass is 32.1. The van der Waals surface area contributed by atoms with Gasteiger partial charge < -0.3 is 14.7 Å². The summed E-state index contributed by atoms with van der Waals surface area (Å²) in [7, 11) is 1.58. The summed E-state index contributed by atoms with van der Waals surface area (Å²) < 4.78 is 5.31. The number of methoxy groups -OCH3 is 1. The van der Waals surface area contributed by atoms with E-state index in [-0.39, 0.29) is 24.5 Å². The molecule has 0 spiro atoms. The number of likely N-dealkylation sites (tertiary alicyclic amines) is 1. The molecule has 6 nitrogen and oxygen atoms in total. The number of carboxylic acid groups (broad SMARTS) is 1. The number of nitrogens with zero attached hydrogens (tertiary/aromatic N) is 2. The molecule has 3 rings (SSSR count). The molecular weight excluding hydrogens is 328 g/mol. The van der Waals surface area contributed by atoms with Gasteiger partial charge in [-0.2, -0.15) is 0 Å². The number of rotatable bonds is 5. The second-order valence-corrected chi connectivity index (χ2v) is 6.56. The Hall–Kier alpha value is -2.25. The molecule has 2 unspecified atom stereocenters. The molecule has 2 heterocycles. The molecule has 1 aromatic heterocycles. The van der Waals surface area contributed by atoms with E-state index < -0.39 is 5.97 Å². The molecule has 1 aromatic carbocycles. The SMILES string of the molecule is COC1CC(CC(=O)O)N(C(=O)c2csc(-c3ccccc3)n2)C1. The van der Waals surface area contributed by atoms with Crippen molar-refractivity contribution in [2.75, 3.05) is 13.7 Å². The standard InChI is InChI=1S/C17H18N2O4S/c1-23-13-7-12(8-15(20)21)19(9-13)17(22)14-10-24-16(18-14)11-5-3-2-4-6-11/h2-6,10,12-13H,7-9H2,1H3,(H,20,21). The van der Waals surface area contributed by atoms with Gasteiger partial charge in [0.05, 0.1) is 12.5 Å². The molecule has 2 aromatic rings. The molecule has 1 N–H and O–H groups in total. The molecule has 0 saturated carbocycles. The third kappa shape index (κ3) is 3.47. The molecule has 1 aliphatic heterocycles. The molecule has 2 atom stereocenters. The van der Waals surface area contributed by atoms with Crippen molar-refractivity contribution in [3.63, 3.8) is 0 Å². The van der Waals surface area contributed by atoms with Crippen LogP contribution in [0.25, 0.3) is 10.6 Å². The van der Waals surface area contributed by atoms with Crippen LogP contribution in [-0.2, 0) is 9.53 Å². The first kappa shape index (κ1) is 16.6. The van der Waals surface area contributed by atoms with Gasteiger partial charge in [-0.15, -0.1) is 11.3 Å². The molecule has 1 fully saturated rings. The minimum absolute atomic E-state index is 0.0821. The number of benzene rings is 1. The van der Waals surface area contributed by atoms with E-state index in [2.05, 4.69) is 4.98 Å². The van der Waals surface area contributed by atoms with Gasteiger partial charge in [-0.3, -0.25) is 9.59 Å². The Morgan fingerprint density at radius 3 is 2.79 bits per heavy atom. The van der Waals surface area contributed by atoms with Crippen LogP contribution >= 0.6 is 11.3 Å². The van der Waals surface area contributed by atoms with Crippen LogP contribution in [0, 0.1) is 0 Å². The summed E-state index contributed by atoms with van der Waals surface area (Å²) in [6.45, 7) is 0.394. The number of carbonyl (C=O) groups is 2. The lowest BCUT2D eigenvalue weighted by molar-refractivity contribution is -0.138. The van der Waals surface area contributed by atoms with E-state index in [4.69, 9.17) is 9.84 Å². The number of carboxylic acids is 1. The lowest BCUT2D eigenvalue weighted by Crippen LogP contribution is -2.37. The Morgan fingerprint density at radius 1 is 1.38 bits per heavy atom. The van der Waals surface area contributed by atoms with Gasteiger partial charge in [0, 0.05) is 30.6 Å². The van der Waals surface area contributed by atoms with E-state index in [0.717, 1.165) is 10.6 Å². The van der Waals surface area contributed by atoms with Crippen molar-refractivity contribution in [2.24, 2.45) is 0 Å². The monoisotopic (exact) mass is 346 g/mol. The maximum absolute atomic E-state index is 12.8. The van der Waals surface area contributed by atoms with E-state index in [1.54, 1.807) is 17.4 Å². The third-order valence-electron chi connectivity index (χ3n) is 4.12. The van der Waals surface area contributed by atoms with Gasteiger partial charge in [0.1, 0.15) is 10.7 Å². The van der Waals surface area contributed by atoms with Crippen LogP contribution in [-0.4, -0.2) is 52.7 Å². The van der Waals surface area contributed by atoms with E-state index in [0.29, 0.717) is 18.7 Å². The molecule has 1 amide bonds. The van der Waals surface area contributed by atoms with Crippen LogP contribution < -0.4 is 0 Å². The lowest BCUT2D eigenvalue weighted by Gasteiger charge is -2.22. The van der Waals surface area contributed by atoms with Crippen molar-refractivity contribution in [1.82, 2.24) is 9.88 Å². The molecule has 0 radical (unpaired) electrons. The zero-order valence-corrected chi connectivity index (χ0v) is 14.0. The Bertz CT molecular complexity index is 731. The van der Waals surface area contributed by atoms with Crippen molar-refractivity contribution < 1.29 is 19.4 Å². The molecule has 1 saturated heterocycles. The van der Waals surface area contributed by atoms with E-state index in [9.17, 15) is 9.59 Å². The molecule has 7 heteroatoms. The minimum atomic E-state index is -0.919. The molecule has 24 heavy (non-hydrogen) atoms. The maximum atomic E-state index is 12.8. The van der Waals surface area contributed by atoms with Gasteiger partial charge in [-0.05, 0) is 6.42 Å². The van der Waals surface area contributed by atoms with Gasteiger partial charge in [-0.1, -0.05) is 30.3 Å². The van der Waals surface area contributed by atoms with Crippen molar-refractivity contribution in [3.8, 4) is 10.6 Å². The fourth-order valence-corrected chi connectivity index (χ4v) is 3.72. The highest BCUT2D eigenvalue weighted by Crippen LogP contribution is 2.28. The first-order valence-corrected chi connectivity index (χ1v) is 8.53. The van der Waals surface area contributed by atoms with Crippen molar-refractivity contribution >= 4 is 23.2 Å². The first-order chi connectivity index (χ1) is 11.6. The summed E-state index contributed by atoms with van der Waals surface area (Å²) in [4.78, 5) is 29.8. The van der Waals surface area contributed by atoms with E-state index in [1.165, 1.54) is 11.3 Å². The number of amides is 1. The van der Waals surface area contributed by atoms with Gasteiger partial charge in [0.2, 0.25) is 0 Å². The van der Waals surface area contributed by atoms with Crippen molar-refractivity contribution in [3.05, 3.63) is 41.4 Å². The normalized spacial score (nSPS) is 20.3. The Labute approximate surface area is 143 Å². The molecule has 0 aliphatic carbocycles. The molecule has 1 aliphatic rings. The summed E-state index contributed by atoms with van der Waals surface area (Å²) in [5, 5.41) is 11.6. The zero-order valence-electron chi connectivity index (χ0n) is 13.2. The van der Waals surface area contributed by atoms with Gasteiger partial charge in [-0.25, -0.2) is 4.98 Å². The largest absolute Gasteiger partial charge is 0.481 e. The number of aromatic nitrogens is 1. The van der Waals surface area contributed by atoms with Crippen molar-refractivity contribution in [2.45, 2.75) is 25.0 Å². The Kier molecular flexibility index (Phi) is 4.92. The van der Waals surface area contributed by atoms with Crippen LogP contribution in [0.2, 0.25) is 0 Å². The predicted octanol–water partition coefficient (Wildman–Crippen LogP) is 2.51. The fraction of sp³-hybridized carbons (Fsp3) is 0.353. The number of hydrogen-bond acceptors (Lipinski definition) is 5. The average molecular weight is 346 g/mol. The molecular formula is C17H18N2O4S. The topological polar surface area (TPSA) is 79.7 Å². The number of hydrogen-bond donors (Lipinski definition) is 1. The maximum Gasteiger partial charge on any atom is 0.305 e. The number of aliphatic carboxylic acids is 1. The van der Waals surface area contributed by atoms with E-state index in [1.807, 2.05) is 30.3 Å². The zero-order chi connectivity index (χ0) is 17.1. The minimum Gasteiger partial charge on any atom is -0.481 e. The molecule has 0 bridgehead atoms. The first-order valence-electron chi connectivity index (χ1n) is 7.65. The summed E-state index contributed by atoms with van der Waals surface area (Å²) in [5.74, 6) is -1.16. The van der Waals surface area contributed by atoms with E-state index >= 15 is 0 Å². The second kappa shape index (κ2) is 7.11.